The summed E-state index contributed by atoms with van der Waals surface area (Å²) in [5, 5.41) is -0.288. The van der Waals surface area contributed by atoms with Crippen molar-refractivity contribution in [3.05, 3.63) is 41.5 Å². The van der Waals surface area contributed by atoms with Crippen LogP contribution in [0.1, 0.15) is 142 Å². The summed E-state index contributed by atoms with van der Waals surface area (Å²) in [5.41, 5.74) is 0.391. The molecular weight excluding hydrogens is 701 g/mol. The van der Waals surface area contributed by atoms with Crippen LogP contribution in [0, 0.1) is 5.41 Å². The molecule has 0 amide bonds. The van der Waals surface area contributed by atoms with Crippen molar-refractivity contribution in [3.63, 3.8) is 0 Å². The molecule has 0 heterocycles. The Balaban J connectivity index is 2.20. The first-order chi connectivity index (χ1) is 24.6. The van der Waals surface area contributed by atoms with Gasteiger partial charge in [0.2, 0.25) is 0 Å². The molecule has 1 rings (SSSR count). The van der Waals surface area contributed by atoms with Gasteiger partial charge in [-0.25, -0.2) is 4.79 Å². The number of methoxy groups -OCH3 is 1. The third kappa shape index (κ3) is 24.9. The van der Waals surface area contributed by atoms with E-state index in [0.29, 0.717) is 25.4 Å². The Morgan fingerprint density at radius 2 is 1.29 bits per heavy atom. The molecule has 0 spiro atoms. The van der Waals surface area contributed by atoms with E-state index in [0.717, 1.165) is 53.4 Å². The minimum Gasteiger partial charge on any atom is -0.465 e. The lowest BCUT2D eigenvalue weighted by Gasteiger charge is -2.23. The summed E-state index contributed by atoms with van der Waals surface area (Å²) in [6, 6.07) is 9.54. The van der Waals surface area contributed by atoms with E-state index in [1.165, 1.54) is 76.0 Å². The molecule has 51 heavy (non-hydrogen) atoms. The van der Waals surface area contributed by atoms with Crippen molar-refractivity contribution >= 4 is 63.3 Å². The molecule has 0 aliphatic rings. The molecule has 0 fully saturated rings. The van der Waals surface area contributed by atoms with Crippen LogP contribution in [-0.4, -0.2) is 66.0 Å². The summed E-state index contributed by atoms with van der Waals surface area (Å²) in [7, 11) is 1.55. The molecule has 1 unspecified atom stereocenters. The Bertz CT molecular complexity index is 1120. The maximum atomic E-state index is 13.1. The number of hydrogen-bond acceptors (Lipinski definition) is 10. The van der Waals surface area contributed by atoms with E-state index in [2.05, 4.69) is 6.92 Å². The van der Waals surface area contributed by atoms with E-state index in [4.69, 9.17) is 31.2 Å². The zero-order valence-electron chi connectivity index (χ0n) is 32.2. The number of benzene rings is 1. The van der Waals surface area contributed by atoms with Crippen molar-refractivity contribution in [2.24, 2.45) is 5.41 Å². The zero-order valence-corrected chi connectivity index (χ0v) is 34.6. The summed E-state index contributed by atoms with van der Waals surface area (Å²) >= 11 is 8.62. The lowest BCUT2D eigenvalue weighted by Crippen LogP contribution is -2.29. The normalized spacial score (nSPS) is 12.4. The topological polar surface area (TPSA) is 88.1 Å². The Labute approximate surface area is 323 Å². The average Bonchev–Trinajstić information content (AvgIpc) is 3.11. The molecule has 1 atom stereocenters. The van der Waals surface area contributed by atoms with Crippen LogP contribution < -0.4 is 0 Å². The molecule has 0 radical (unpaired) electrons. The molecule has 0 aliphatic heterocycles. The number of esters is 3. The van der Waals surface area contributed by atoms with E-state index in [9.17, 15) is 14.4 Å². The first-order valence-corrected chi connectivity index (χ1v) is 21.5. The summed E-state index contributed by atoms with van der Waals surface area (Å²) < 4.78 is 22.3. The highest BCUT2D eigenvalue weighted by Gasteiger charge is 2.33. The molecule has 0 saturated heterocycles. The average molecular weight is 767 g/mol. The number of hydrogen-bond donors (Lipinski definition) is 0. The minimum atomic E-state index is -0.906. The highest BCUT2D eigenvalue weighted by Crippen LogP contribution is 2.29. The number of thiocarbonyl (C=S) groups is 1. The standard InChI is InChI=1S/C41H66O7S3/c1-6-7-8-9-10-11-12-15-18-24-31-50-40(49)51-34(2)37(42)46-27-22-16-13-14-17-23-28-47-38(43)36(32-35-25-20-19-21-26-35)33-41(3,4)39(44)48-30-29-45-5/h19-21,25-26,32,34H,6-18,22-24,27-31,33H2,1-5H3/b36-32+. The highest BCUT2D eigenvalue weighted by molar-refractivity contribution is 8.47. The van der Waals surface area contributed by atoms with Gasteiger partial charge in [0, 0.05) is 12.7 Å². The van der Waals surface area contributed by atoms with Crippen molar-refractivity contribution in [3.8, 4) is 0 Å². The van der Waals surface area contributed by atoms with Crippen LogP contribution in [0.3, 0.4) is 0 Å². The third-order valence-corrected chi connectivity index (χ3v) is 11.2. The Hall–Kier alpha value is -1.88. The first kappa shape index (κ1) is 47.1. The maximum absolute atomic E-state index is 13.1. The number of unbranched alkanes of at least 4 members (excludes halogenated alkanes) is 14. The van der Waals surface area contributed by atoms with Gasteiger partial charge in [0.15, 0.2) is 0 Å². The van der Waals surface area contributed by atoms with Gasteiger partial charge in [-0.05, 0) is 63.8 Å². The zero-order chi connectivity index (χ0) is 37.6. The molecule has 10 heteroatoms. The van der Waals surface area contributed by atoms with Crippen LogP contribution in [0.2, 0.25) is 0 Å². The van der Waals surface area contributed by atoms with Gasteiger partial charge in [0.25, 0.3) is 0 Å². The number of thioether (sulfide) groups is 2. The SMILES string of the molecule is CCCCCCCCCCCCSC(=S)SC(C)C(=O)OCCCCCCCCOC(=O)/C(=C/c1ccccc1)CC(C)(C)C(=O)OCCOC. The lowest BCUT2D eigenvalue weighted by atomic mass is 9.85. The molecule has 0 aliphatic carbocycles. The molecule has 290 valence electrons. The molecule has 7 nitrogen and oxygen atoms in total. The number of carbonyl (C=O) groups excluding carboxylic acids is 3. The van der Waals surface area contributed by atoms with Crippen LogP contribution in [0.15, 0.2) is 35.9 Å². The van der Waals surface area contributed by atoms with E-state index < -0.39 is 11.4 Å². The molecule has 1 aromatic rings. The monoisotopic (exact) mass is 766 g/mol. The van der Waals surface area contributed by atoms with E-state index >= 15 is 0 Å². The van der Waals surface area contributed by atoms with Crippen molar-refractivity contribution < 1.29 is 33.3 Å². The Kier molecular flexibility index (Phi) is 28.3. The second kappa shape index (κ2) is 30.6. The maximum Gasteiger partial charge on any atom is 0.334 e. The van der Waals surface area contributed by atoms with Crippen LogP contribution in [0.5, 0.6) is 0 Å². The van der Waals surface area contributed by atoms with Crippen molar-refractivity contribution in [1.82, 2.24) is 0 Å². The van der Waals surface area contributed by atoms with Crippen molar-refractivity contribution in [2.45, 2.75) is 142 Å². The summed E-state index contributed by atoms with van der Waals surface area (Å²) in [6.45, 7) is 8.88. The smallest absolute Gasteiger partial charge is 0.334 e. The fraction of sp³-hybridized carbons (Fsp3) is 0.707. The molecule has 1 aromatic carbocycles. The van der Waals surface area contributed by atoms with Crippen LogP contribution in [0.4, 0.5) is 0 Å². The molecule has 0 saturated carbocycles. The van der Waals surface area contributed by atoms with Gasteiger partial charge in [-0.15, -0.1) is 11.8 Å². The number of ether oxygens (including phenoxy) is 4. The van der Waals surface area contributed by atoms with Crippen LogP contribution in [-0.2, 0) is 33.3 Å². The van der Waals surface area contributed by atoms with Gasteiger partial charge in [0.1, 0.15) is 15.4 Å². The van der Waals surface area contributed by atoms with Gasteiger partial charge in [-0.3, -0.25) is 9.59 Å². The van der Waals surface area contributed by atoms with E-state index in [1.54, 1.807) is 38.8 Å². The number of carbonyl (C=O) groups is 3. The lowest BCUT2D eigenvalue weighted by molar-refractivity contribution is -0.155. The summed E-state index contributed by atoms with van der Waals surface area (Å²) in [5.74, 6) is 0.0170. The van der Waals surface area contributed by atoms with Gasteiger partial charge in [-0.1, -0.05) is 145 Å². The van der Waals surface area contributed by atoms with E-state index in [-0.39, 0.29) is 30.2 Å². The van der Waals surface area contributed by atoms with Crippen molar-refractivity contribution in [2.75, 3.05) is 39.3 Å². The molecular formula is C41H66O7S3. The van der Waals surface area contributed by atoms with E-state index in [1.807, 2.05) is 37.3 Å². The minimum absolute atomic E-state index is 0.165. The molecule has 0 bridgehead atoms. The second-order valence-corrected chi connectivity index (χ2v) is 17.4. The largest absolute Gasteiger partial charge is 0.465 e. The quantitative estimate of drug-likeness (QED) is 0.0248. The molecule has 0 aromatic heterocycles. The fourth-order valence-electron chi connectivity index (χ4n) is 5.32. The van der Waals surface area contributed by atoms with Crippen LogP contribution in [0.25, 0.3) is 6.08 Å². The van der Waals surface area contributed by atoms with Gasteiger partial charge >= 0.3 is 17.9 Å². The highest BCUT2D eigenvalue weighted by atomic mass is 32.2. The second-order valence-electron chi connectivity index (χ2n) is 13.7. The van der Waals surface area contributed by atoms with Crippen LogP contribution >= 0.6 is 35.7 Å². The summed E-state index contributed by atoms with van der Waals surface area (Å²) in [6.07, 6.45) is 20.7. The van der Waals surface area contributed by atoms with Gasteiger partial charge in [0.05, 0.1) is 25.2 Å². The molecule has 0 N–H and O–H groups in total. The predicted molar refractivity (Wildman–Crippen MR) is 219 cm³/mol. The Morgan fingerprint density at radius 1 is 0.745 bits per heavy atom. The summed E-state index contributed by atoms with van der Waals surface area (Å²) in [4.78, 5) is 38.2. The fourth-order valence-corrected chi connectivity index (χ4v) is 7.93. The predicted octanol–water partition coefficient (Wildman–Crippen LogP) is 11.2. The van der Waals surface area contributed by atoms with Gasteiger partial charge < -0.3 is 18.9 Å². The van der Waals surface area contributed by atoms with Crippen molar-refractivity contribution in [1.29, 1.82) is 0 Å². The first-order valence-electron chi connectivity index (χ1n) is 19.2. The number of rotatable bonds is 30. The third-order valence-electron chi connectivity index (χ3n) is 8.45. The van der Waals surface area contributed by atoms with Gasteiger partial charge in [-0.2, -0.15) is 0 Å². The Morgan fingerprint density at radius 3 is 1.88 bits per heavy atom.